The second-order valence-corrected chi connectivity index (χ2v) is 5.13. The van der Waals surface area contributed by atoms with E-state index in [0.29, 0.717) is 35.8 Å². The number of pyridine rings is 1. The second-order valence-electron chi connectivity index (χ2n) is 5.13. The second kappa shape index (κ2) is 6.05. The molecule has 114 valence electrons. The van der Waals surface area contributed by atoms with Gasteiger partial charge in [0.05, 0.1) is 26.7 Å². The van der Waals surface area contributed by atoms with Gasteiger partial charge in [-0.25, -0.2) is 0 Å². The number of Topliss-reactive ketones (excluding diaryl/α,β-unsaturated/α-hetero) is 1. The van der Waals surface area contributed by atoms with Crippen LogP contribution in [0.5, 0.6) is 17.2 Å². The maximum Gasteiger partial charge on any atom is 0.177 e. The van der Waals surface area contributed by atoms with E-state index in [1.807, 2.05) is 12.1 Å². The van der Waals surface area contributed by atoms with Gasteiger partial charge < -0.3 is 14.2 Å². The molecule has 0 bridgehead atoms. The first-order valence-corrected chi connectivity index (χ1v) is 7.05. The normalized spacial score (nSPS) is 16.6. The van der Waals surface area contributed by atoms with Crippen LogP contribution in [0.25, 0.3) is 0 Å². The topological polar surface area (TPSA) is 57.6 Å². The van der Waals surface area contributed by atoms with E-state index in [0.717, 1.165) is 5.56 Å². The first-order chi connectivity index (χ1) is 10.7. The van der Waals surface area contributed by atoms with E-state index in [1.165, 1.54) is 7.11 Å². The molecule has 1 aliphatic rings. The molecule has 1 aliphatic heterocycles. The summed E-state index contributed by atoms with van der Waals surface area (Å²) in [5.74, 6) is 1.43. The first kappa shape index (κ1) is 14.4. The lowest BCUT2D eigenvalue weighted by Gasteiger charge is -2.26. The monoisotopic (exact) mass is 299 g/mol. The number of benzene rings is 1. The molecule has 3 rings (SSSR count). The minimum absolute atomic E-state index is 0.0394. The van der Waals surface area contributed by atoms with Crippen LogP contribution in [0.4, 0.5) is 0 Å². The first-order valence-electron chi connectivity index (χ1n) is 7.05. The van der Waals surface area contributed by atoms with E-state index in [4.69, 9.17) is 14.2 Å². The largest absolute Gasteiger partial charge is 0.496 e. The summed E-state index contributed by atoms with van der Waals surface area (Å²) in [5.41, 5.74) is 1.56. The van der Waals surface area contributed by atoms with E-state index >= 15 is 0 Å². The van der Waals surface area contributed by atoms with Crippen LogP contribution in [0.15, 0.2) is 36.7 Å². The van der Waals surface area contributed by atoms with E-state index in [-0.39, 0.29) is 11.7 Å². The van der Waals surface area contributed by atoms with Crippen LogP contribution in [0.1, 0.15) is 15.9 Å². The molecule has 0 fully saturated rings. The molecule has 5 nitrogen and oxygen atoms in total. The Labute approximate surface area is 128 Å². The minimum Gasteiger partial charge on any atom is -0.496 e. The van der Waals surface area contributed by atoms with Crippen LogP contribution >= 0.6 is 0 Å². The summed E-state index contributed by atoms with van der Waals surface area (Å²) in [6, 6.07) is 7.25. The number of methoxy groups -OCH3 is 2. The van der Waals surface area contributed by atoms with Crippen LogP contribution < -0.4 is 14.2 Å². The number of carbonyl (C=O) groups is 1. The van der Waals surface area contributed by atoms with Crippen molar-refractivity contribution in [1.82, 2.24) is 4.98 Å². The van der Waals surface area contributed by atoms with E-state index < -0.39 is 0 Å². The Morgan fingerprint density at radius 3 is 2.68 bits per heavy atom. The SMILES string of the molecule is COc1cc(OC)c2c(c1)OCC(Cc1ccncc1)C2=O. The molecule has 1 atom stereocenters. The van der Waals surface area contributed by atoms with Gasteiger partial charge in [-0.2, -0.15) is 0 Å². The molecule has 0 spiro atoms. The highest BCUT2D eigenvalue weighted by Crippen LogP contribution is 2.39. The Kier molecular flexibility index (Phi) is 3.96. The Balaban J connectivity index is 1.92. The molecule has 2 aromatic rings. The number of hydrogen-bond donors (Lipinski definition) is 0. The van der Waals surface area contributed by atoms with E-state index in [2.05, 4.69) is 4.98 Å². The lowest BCUT2D eigenvalue weighted by atomic mass is 9.89. The van der Waals surface area contributed by atoms with Crippen LogP contribution in [-0.4, -0.2) is 31.6 Å². The highest BCUT2D eigenvalue weighted by molar-refractivity contribution is 6.04. The number of ketones is 1. The Morgan fingerprint density at radius 1 is 1.23 bits per heavy atom. The summed E-state index contributed by atoms with van der Waals surface area (Å²) in [5, 5.41) is 0. The zero-order valence-electron chi connectivity index (χ0n) is 12.5. The Hall–Kier alpha value is -2.56. The third-order valence-electron chi connectivity index (χ3n) is 3.78. The number of ether oxygens (including phenoxy) is 3. The van der Waals surface area contributed by atoms with Crippen molar-refractivity contribution in [2.75, 3.05) is 20.8 Å². The van der Waals surface area contributed by atoms with Crippen LogP contribution in [0.2, 0.25) is 0 Å². The fourth-order valence-electron chi connectivity index (χ4n) is 2.63. The van der Waals surface area contributed by atoms with Gasteiger partial charge >= 0.3 is 0 Å². The van der Waals surface area contributed by atoms with E-state index in [9.17, 15) is 4.79 Å². The summed E-state index contributed by atoms with van der Waals surface area (Å²) in [7, 11) is 3.10. The summed E-state index contributed by atoms with van der Waals surface area (Å²) in [4.78, 5) is 16.8. The van der Waals surface area contributed by atoms with Crippen LogP contribution in [0, 0.1) is 5.92 Å². The standard InChI is InChI=1S/C17H17NO4/c1-20-13-8-14(21-2)16-15(9-13)22-10-12(17(16)19)7-11-3-5-18-6-4-11/h3-6,8-9,12H,7,10H2,1-2H3. The van der Waals surface area contributed by atoms with Crippen molar-refractivity contribution in [2.45, 2.75) is 6.42 Å². The smallest absolute Gasteiger partial charge is 0.177 e. The molecule has 0 N–H and O–H groups in total. The van der Waals surface area contributed by atoms with Gasteiger partial charge in [-0.15, -0.1) is 0 Å². The maximum absolute atomic E-state index is 12.8. The third kappa shape index (κ3) is 2.62. The fourth-order valence-corrected chi connectivity index (χ4v) is 2.63. The summed E-state index contributed by atoms with van der Waals surface area (Å²) in [6.45, 7) is 0.352. The molecule has 0 aliphatic carbocycles. The summed E-state index contributed by atoms with van der Waals surface area (Å²) < 4.78 is 16.3. The molecule has 0 amide bonds. The van der Waals surface area contributed by atoms with Gasteiger partial charge in [-0.3, -0.25) is 9.78 Å². The lowest BCUT2D eigenvalue weighted by Crippen LogP contribution is -2.30. The highest BCUT2D eigenvalue weighted by Gasteiger charge is 2.32. The number of aromatic nitrogens is 1. The molecule has 0 saturated heterocycles. The van der Waals surface area contributed by atoms with Crippen LogP contribution in [-0.2, 0) is 6.42 Å². The molecule has 2 heterocycles. The van der Waals surface area contributed by atoms with Gasteiger partial charge in [0.15, 0.2) is 5.78 Å². The van der Waals surface area contributed by atoms with Gasteiger partial charge in [0, 0.05) is 24.5 Å². The quantitative estimate of drug-likeness (QED) is 0.868. The Bertz CT molecular complexity index is 667. The summed E-state index contributed by atoms with van der Waals surface area (Å²) >= 11 is 0. The van der Waals surface area contributed by atoms with Crippen molar-refractivity contribution in [1.29, 1.82) is 0 Å². The van der Waals surface area contributed by atoms with Crippen LogP contribution in [0.3, 0.4) is 0 Å². The average molecular weight is 299 g/mol. The molecular formula is C17H17NO4. The van der Waals surface area contributed by atoms with Crippen molar-refractivity contribution < 1.29 is 19.0 Å². The third-order valence-corrected chi connectivity index (χ3v) is 3.78. The predicted octanol–water partition coefficient (Wildman–Crippen LogP) is 2.53. The van der Waals surface area contributed by atoms with Gasteiger partial charge in [0.2, 0.25) is 0 Å². The molecule has 22 heavy (non-hydrogen) atoms. The van der Waals surface area contributed by atoms with Crippen molar-refractivity contribution in [2.24, 2.45) is 5.92 Å². The fraction of sp³-hybridized carbons (Fsp3) is 0.294. The van der Waals surface area contributed by atoms with Crippen molar-refractivity contribution in [3.63, 3.8) is 0 Å². The van der Waals surface area contributed by atoms with Crippen molar-refractivity contribution >= 4 is 5.78 Å². The molecule has 1 aromatic carbocycles. The zero-order chi connectivity index (χ0) is 15.5. The molecule has 1 unspecified atom stereocenters. The molecule has 0 saturated carbocycles. The average Bonchev–Trinajstić information content (AvgIpc) is 2.57. The molecule has 0 radical (unpaired) electrons. The number of carbonyl (C=O) groups excluding carboxylic acids is 1. The number of hydrogen-bond acceptors (Lipinski definition) is 5. The van der Waals surface area contributed by atoms with Gasteiger partial charge in [0.25, 0.3) is 0 Å². The molecule has 5 heteroatoms. The summed E-state index contributed by atoms with van der Waals surface area (Å²) in [6.07, 6.45) is 4.07. The zero-order valence-corrected chi connectivity index (χ0v) is 12.5. The van der Waals surface area contributed by atoms with Gasteiger partial charge in [0.1, 0.15) is 22.8 Å². The van der Waals surface area contributed by atoms with Gasteiger partial charge in [-0.1, -0.05) is 0 Å². The predicted molar refractivity (Wildman–Crippen MR) is 80.8 cm³/mol. The lowest BCUT2D eigenvalue weighted by molar-refractivity contribution is 0.0825. The van der Waals surface area contributed by atoms with E-state index in [1.54, 1.807) is 31.6 Å². The molecular weight excluding hydrogens is 282 g/mol. The number of nitrogens with zero attached hydrogens (tertiary/aromatic N) is 1. The van der Waals surface area contributed by atoms with Crippen molar-refractivity contribution in [3.05, 3.63) is 47.8 Å². The number of fused-ring (bicyclic) bond motifs is 1. The molecule has 1 aromatic heterocycles. The Morgan fingerprint density at radius 2 is 2.00 bits per heavy atom. The minimum atomic E-state index is -0.225. The number of rotatable bonds is 4. The van der Waals surface area contributed by atoms with Crippen molar-refractivity contribution in [3.8, 4) is 17.2 Å². The maximum atomic E-state index is 12.8. The highest BCUT2D eigenvalue weighted by atomic mass is 16.5. The van der Waals surface area contributed by atoms with Gasteiger partial charge in [-0.05, 0) is 24.1 Å².